The molecule has 1 unspecified atom stereocenters. The highest BCUT2D eigenvalue weighted by atomic mass is 35.5. The molecule has 0 spiro atoms. The molecule has 4 aromatic rings. The van der Waals surface area contributed by atoms with E-state index in [0.29, 0.717) is 84.0 Å². The maximum atomic E-state index is 13.9. The fourth-order valence-electron chi connectivity index (χ4n) is 11.5. The molecule has 1 atom stereocenters. The minimum atomic E-state index is -0.858. The van der Waals surface area contributed by atoms with Gasteiger partial charge in [-0.25, -0.2) is 19.6 Å². The molecule has 10 rings (SSSR count). The lowest BCUT2D eigenvalue weighted by atomic mass is 10.0. The number of hydrogen-bond donors (Lipinski definition) is 0. The number of pyridine rings is 2. The highest BCUT2D eigenvalue weighted by Crippen LogP contribution is 2.40. The minimum absolute atomic E-state index is 0.106. The van der Waals surface area contributed by atoms with Crippen LogP contribution >= 0.6 is 70.8 Å². The number of quaternary nitrogens is 1. The number of cyclic esters (lactones) is 2. The van der Waals surface area contributed by atoms with Crippen molar-refractivity contribution in [2.45, 2.75) is 83.8 Å². The van der Waals surface area contributed by atoms with Crippen molar-refractivity contribution < 1.29 is 28.7 Å². The van der Waals surface area contributed by atoms with Gasteiger partial charge >= 0.3 is 11.9 Å². The third kappa shape index (κ3) is 9.72. The van der Waals surface area contributed by atoms with Gasteiger partial charge < -0.3 is 24.2 Å². The van der Waals surface area contributed by atoms with Crippen LogP contribution in [0.4, 0.5) is 22.7 Å². The van der Waals surface area contributed by atoms with Gasteiger partial charge in [-0.1, -0.05) is 46.4 Å². The zero-order valence-corrected chi connectivity index (χ0v) is 46.3. The van der Waals surface area contributed by atoms with Gasteiger partial charge in [0.2, 0.25) is 0 Å². The summed E-state index contributed by atoms with van der Waals surface area (Å²) in [5.41, 5.74) is 3.94. The third-order valence-corrected chi connectivity index (χ3v) is 17.3. The summed E-state index contributed by atoms with van der Waals surface area (Å²) in [5, 5.41) is 2.16. The maximum Gasteiger partial charge on any atom is 0.338 e. The molecule has 6 aliphatic heterocycles. The Hall–Kier alpha value is -4.76. The molecule has 2 amide bonds. The van der Waals surface area contributed by atoms with Crippen LogP contribution in [0.2, 0.25) is 20.6 Å². The fourth-order valence-corrected chi connectivity index (χ4v) is 13.4. The van der Waals surface area contributed by atoms with E-state index in [9.17, 15) is 19.2 Å². The Labute approximate surface area is 461 Å². The standard InChI is InChI=1S/C52H57Cl4N10O6S2/c1-51(2)47(69)64(34-9-11-38-32(23-34)30-71-45(38)67)49(73)62(51)15-7-5-13-59-19-21-66(22-20-59,37-27-42(55)58-43(56)28-37)44-29-60(17-18-61(44)36-25-40(53)57-41(54)26-36)14-6-8-16-63-50(74)65(48(70)52(63,3)4)35-10-12-39-33(24-35)31-72-46(39)68/h9-12,23-28,44H,5-8,13-22,29-31H2,1-4H3/q+1. The molecule has 390 valence electrons. The number of piperazine rings is 2. The summed E-state index contributed by atoms with van der Waals surface area (Å²) >= 11 is 38.6. The summed E-state index contributed by atoms with van der Waals surface area (Å²) in [5.74, 6) is -0.937. The molecule has 16 nitrogen and oxygen atoms in total. The van der Waals surface area contributed by atoms with Crippen LogP contribution in [0, 0.1) is 0 Å². The molecule has 0 bridgehead atoms. The van der Waals surface area contributed by atoms with Gasteiger partial charge in [0.05, 0.1) is 42.1 Å². The molecule has 6 aliphatic rings. The second-order valence-electron chi connectivity index (χ2n) is 20.8. The number of aromatic nitrogens is 2. The van der Waals surface area contributed by atoms with Crippen molar-refractivity contribution in [3.05, 3.63) is 104 Å². The van der Waals surface area contributed by atoms with E-state index in [2.05, 4.69) is 24.7 Å². The van der Waals surface area contributed by atoms with E-state index < -0.39 is 11.1 Å². The summed E-state index contributed by atoms with van der Waals surface area (Å²) in [6, 6.07) is 18.2. The topological polar surface area (TPSA) is 135 Å². The number of carbonyl (C=O) groups excluding carboxylic acids is 4. The number of nitrogens with zero attached hydrogens (tertiary/aromatic N) is 10. The smallest absolute Gasteiger partial charge is 0.338 e. The summed E-state index contributed by atoms with van der Waals surface area (Å²) in [6.07, 6.45) is 3.26. The number of rotatable bonds is 15. The molecule has 4 saturated heterocycles. The highest BCUT2D eigenvalue weighted by molar-refractivity contribution is 7.80. The number of anilines is 3. The number of thiocarbonyl (C=S) groups is 2. The maximum absolute atomic E-state index is 13.9. The molecule has 74 heavy (non-hydrogen) atoms. The molecule has 22 heteroatoms. The second kappa shape index (κ2) is 20.6. The van der Waals surface area contributed by atoms with E-state index >= 15 is 0 Å². The SMILES string of the molecule is CC1(C)C(=O)N(c2ccc3c(c2)COC3=O)C(=S)N1CCCCN1CC[N+](c2cc(Cl)nc(Cl)c2)(C2CN(CCCCN3C(=S)N(c4ccc5c(c4)COC5=O)C(=O)C3(C)C)CCN2c2cc(Cl)nc(Cl)c2)CC1. The van der Waals surface area contributed by atoms with Crippen molar-refractivity contribution in [1.29, 1.82) is 0 Å². The number of fused-ring (bicyclic) bond motifs is 2. The third-order valence-electron chi connectivity index (χ3n) is 15.7. The lowest BCUT2D eigenvalue weighted by molar-refractivity contribution is -0.124. The lowest BCUT2D eigenvalue weighted by Gasteiger charge is -2.55. The van der Waals surface area contributed by atoms with Crippen molar-refractivity contribution in [2.24, 2.45) is 0 Å². The van der Waals surface area contributed by atoms with E-state index in [1.807, 2.05) is 73.9 Å². The summed E-state index contributed by atoms with van der Waals surface area (Å²) < 4.78 is 11.0. The number of benzene rings is 2. The van der Waals surface area contributed by atoms with E-state index in [4.69, 9.17) is 80.3 Å². The predicted octanol–water partition coefficient (Wildman–Crippen LogP) is 8.59. The van der Waals surface area contributed by atoms with Gasteiger partial charge in [-0.05, 0) is 139 Å². The zero-order valence-electron chi connectivity index (χ0n) is 41.6. The van der Waals surface area contributed by atoms with E-state index in [1.54, 1.807) is 34.1 Å². The van der Waals surface area contributed by atoms with Crippen molar-refractivity contribution in [2.75, 3.05) is 86.7 Å². The summed E-state index contributed by atoms with van der Waals surface area (Å²) in [7, 11) is 0. The number of esters is 2. The molecular weight excluding hydrogens is 1070 g/mol. The molecular formula is C52H57Cl4N10O6S2+. The van der Waals surface area contributed by atoms with Crippen LogP contribution in [0.25, 0.3) is 0 Å². The summed E-state index contributed by atoms with van der Waals surface area (Å²) in [4.78, 5) is 75.3. The number of ether oxygens (including phenoxy) is 2. The first-order valence-electron chi connectivity index (χ1n) is 24.9. The van der Waals surface area contributed by atoms with E-state index in [0.717, 1.165) is 94.0 Å². The number of hydrogen-bond acceptors (Lipinski definition) is 13. The van der Waals surface area contributed by atoms with Crippen LogP contribution in [-0.2, 0) is 32.3 Å². The van der Waals surface area contributed by atoms with Crippen LogP contribution < -0.4 is 19.2 Å². The Balaban J connectivity index is 0.817. The lowest BCUT2D eigenvalue weighted by Crippen LogP contribution is -2.74. The Morgan fingerprint density at radius 2 is 1.03 bits per heavy atom. The average molecular weight is 1120 g/mol. The average Bonchev–Trinajstić information content (AvgIpc) is 4.03. The van der Waals surface area contributed by atoms with Crippen molar-refractivity contribution in [3.63, 3.8) is 0 Å². The second-order valence-corrected chi connectivity index (χ2v) is 23.0. The van der Waals surface area contributed by atoms with Gasteiger partial charge in [0.1, 0.15) is 50.6 Å². The number of unbranched alkanes of at least 4 members (excludes halogenated alkanes) is 2. The molecule has 8 heterocycles. The van der Waals surface area contributed by atoms with Crippen molar-refractivity contribution >= 4 is 128 Å². The van der Waals surface area contributed by atoms with Gasteiger partial charge in [-0.15, -0.1) is 0 Å². The predicted molar refractivity (Wildman–Crippen MR) is 295 cm³/mol. The van der Waals surface area contributed by atoms with Gasteiger partial charge in [-0.3, -0.25) is 33.7 Å². The van der Waals surface area contributed by atoms with Crippen LogP contribution in [0.5, 0.6) is 0 Å². The largest absolute Gasteiger partial charge is 0.457 e. The minimum Gasteiger partial charge on any atom is -0.457 e. The Morgan fingerprint density at radius 1 is 0.581 bits per heavy atom. The van der Waals surface area contributed by atoms with Crippen LogP contribution in [0.15, 0.2) is 60.7 Å². The highest BCUT2D eigenvalue weighted by Gasteiger charge is 2.52. The Kier molecular flexibility index (Phi) is 14.7. The molecule has 0 saturated carbocycles. The van der Waals surface area contributed by atoms with Crippen molar-refractivity contribution in [1.82, 2.24) is 34.1 Å². The van der Waals surface area contributed by atoms with Gasteiger partial charge in [0, 0.05) is 68.2 Å². The Morgan fingerprint density at radius 3 is 1.51 bits per heavy atom. The van der Waals surface area contributed by atoms with E-state index in [-0.39, 0.29) is 43.1 Å². The molecule has 0 aliphatic carbocycles. The molecule has 2 aromatic carbocycles. The van der Waals surface area contributed by atoms with Crippen LogP contribution in [0.1, 0.15) is 85.2 Å². The quantitative estimate of drug-likeness (QED) is 0.0370. The zero-order chi connectivity index (χ0) is 52.4. The fraction of sp³-hybridized carbons (Fsp3) is 0.462. The normalized spacial score (nSPS) is 21.5. The molecule has 0 radical (unpaired) electrons. The summed E-state index contributed by atoms with van der Waals surface area (Å²) in [6.45, 7) is 16.1. The molecule has 2 aromatic heterocycles. The number of halogens is 4. The van der Waals surface area contributed by atoms with Gasteiger partial charge in [0.15, 0.2) is 16.4 Å². The number of amides is 2. The van der Waals surface area contributed by atoms with Crippen molar-refractivity contribution in [3.8, 4) is 0 Å². The van der Waals surface area contributed by atoms with Crippen LogP contribution in [0.3, 0.4) is 0 Å². The number of carbonyl (C=O) groups is 4. The molecule has 0 N–H and O–H groups in total. The van der Waals surface area contributed by atoms with E-state index in [1.165, 1.54) is 0 Å². The first kappa shape index (κ1) is 52.7. The van der Waals surface area contributed by atoms with Gasteiger partial charge in [-0.2, -0.15) is 0 Å². The first-order valence-corrected chi connectivity index (χ1v) is 27.3. The van der Waals surface area contributed by atoms with Gasteiger partial charge in [0.25, 0.3) is 11.8 Å². The Bertz CT molecular complexity index is 2940. The first-order chi connectivity index (χ1) is 35.3. The van der Waals surface area contributed by atoms with Crippen LogP contribution in [-0.4, -0.2) is 153 Å². The monoisotopic (exact) mass is 1120 g/mol. The molecule has 4 fully saturated rings.